The lowest BCUT2D eigenvalue weighted by atomic mass is 9.78. The van der Waals surface area contributed by atoms with Gasteiger partial charge in [0, 0.05) is 29.1 Å². The minimum Gasteiger partial charge on any atom is -0.481 e. The van der Waals surface area contributed by atoms with E-state index in [1.165, 1.54) is 0 Å². The zero-order valence-electron chi connectivity index (χ0n) is 20.4. The van der Waals surface area contributed by atoms with E-state index >= 15 is 0 Å². The number of ketones is 1. The number of Topliss-reactive ketones (excluding diaryl/α,β-unsaturated/α-hetero) is 1. The highest BCUT2D eigenvalue weighted by Gasteiger charge is 2.41. The summed E-state index contributed by atoms with van der Waals surface area (Å²) in [5.41, 5.74) is 5.55. The predicted octanol–water partition coefficient (Wildman–Crippen LogP) is 6.41. The van der Waals surface area contributed by atoms with Gasteiger partial charge in [-0.05, 0) is 54.7 Å². The van der Waals surface area contributed by atoms with E-state index in [9.17, 15) is 19.5 Å². The molecule has 3 aromatic rings. The van der Waals surface area contributed by atoms with E-state index in [-0.39, 0.29) is 30.4 Å². The van der Waals surface area contributed by atoms with E-state index in [1.807, 2.05) is 79.7 Å². The first-order valence-electron chi connectivity index (χ1n) is 12.3. The van der Waals surface area contributed by atoms with Crippen LogP contribution in [0.5, 0.6) is 0 Å². The van der Waals surface area contributed by atoms with Crippen LogP contribution in [0.1, 0.15) is 54.3 Å². The van der Waals surface area contributed by atoms with E-state index in [1.54, 1.807) is 4.90 Å². The highest BCUT2D eigenvalue weighted by Crippen LogP contribution is 2.47. The summed E-state index contributed by atoms with van der Waals surface area (Å²) >= 11 is 6.09. The summed E-state index contributed by atoms with van der Waals surface area (Å²) in [6.07, 6.45) is 0.439. The number of hydrogen-bond donors (Lipinski definition) is 2. The maximum atomic E-state index is 13.9. The largest absolute Gasteiger partial charge is 0.481 e. The second-order valence-corrected chi connectivity index (χ2v) is 10.0. The molecule has 1 aliphatic carbocycles. The van der Waals surface area contributed by atoms with Crippen molar-refractivity contribution in [1.29, 1.82) is 0 Å². The molecule has 0 unspecified atom stereocenters. The van der Waals surface area contributed by atoms with Crippen LogP contribution < -0.4 is 10.2 Å². The third kappa shape index (κ3) is 5.02. The summed E-state index contributed by atoms with van der Waals surface area (Å²) in [6.45, 7) is 1.98. The lowest BCUT2D eigenvalue weighted by molar-refractivity contribution is -0.138. The van der Waals surface area contributed by atoms with Crippen molar-refractivity contribution in [3.8, 4) is 0 Å². The van der Waals surface area contributed by atoms with Crippen LogP contribution in [0, 0.1) is 6.92 Å². The normalized spacial score (nSPS) is 19.0. The molecule has 188 valence electrons. The minimum absolute atomic E-state index is 0.0314. The molecule has 7 heteroatoms. The van der Waals surface area contributed by atoms with E-state index in [4.69, 9.17) is 11.6 Å². The van der Waals surface area contributed by atoms with Crippen LogP contribution in [0.3, 0.4) is 0 Å². The van der Waals surface area contributed by atoms with E-state index in [2.05, 4.69) is 5.32 Å². The van der Waals surface area contributed by atoms with Gasteiger partial charge in [-0.15, -0.1) is 0 Å². The summed E-state index contributed by atoms with van der Waals surface area (Å²) < 4.78 is 0. The number of carboxylic acid groups (broad SMARTS) is 1. The summed E-state index contributed by atoms with van der Waals surface area (Å²) in [7, 11) is 0. The highest BCUT2D eigenvalue weighted by molar-refractivity contribution is 6.30. The second kappa shape index (κ2) is 10.2. The number of halogens is 1. The minimum atomic E-state index is -1.04. The van der Waals surface area contributed by atoms with Crippen molar-refractivity contribution in [3.63, 3.8) is 0 Å². The number of rotatable bonds is 5. The number of aryl methyl sites for hydroxylation is 1. The molecular formula is C30H27ClN2O4. The molecule has 5 rings (SSSR count). The number of aliphatic carboxylic acids is 1. The molecule has 0 saturated carbocycles. The number of anilines is 2. The van der Waals surface area contributed by atoms with Crippen LogP contribution in [0.4, 0.5) is 11.4 Å². The van der Waals surface area contributed by atoms with Crippen molar-refractivity contribution < 1.29 is 19.5 Å². The zero-order chi connectivity index (χ0) is 26.1. The SMILES string of the molecule is Cc1ccc([C@@H]2C3=C(C[C@@H](c4ccc(Cl)cc4)CC3=O)Nc3ccccc3N2C(=O)CCC(=O)O)cc1. The Morgan fingerprint density at radius 2 is 1.62 bits per heavy atom. The van der Waals surface area contributed by atoms with Gasteiger partial charge in [-0.1, -0.05) is 65.7 Å². The van der Waals surface area contributed by atoms with Gasteiger partial charge in [0.05, 0.1) is 23.8 Å². The zero-order valence-corrected chi connectivity index (χ0v) is 21.2. The van der Waals surface area contributed by atoms with Crippen molar-refractivity contribution >= 4 is 40.6 Å². The molecule has 3 aromatic carbocycles. The van der Waals surface area contributed by atoms with Crippen LogP contribution in [-0.4, -0.2) is 22.8 Å². The smallest absolute Gasteiger partial charge is 0.303 e. The molecule has 2 aliphatic rings. The first-order valence-corrected chi connectivity index (χ1v) is 12.7. The second-order valence-electron chi connectivity index (χ2n) is 9.58. The molecule has 0 bridgehead atoms. The fourth-order valence-electron chi connectivity index (χ4n) is 5.23. The monoisotopic (exact) mass is 514 g/mol. The first kappa shape index (κ1) is 24.8. The predicted molar refractivity (Wildman–Crippen MR) is 144 cm³/mol. The topological polar surface area (TPSA) is 86.7 Å². The van der Waals surface area contributed by atoms with Crippen molar-refractivity contribution in [1.82, 2.24) is 0 Å². The summed E-state index contributed by atoms with van der Waals surface area (Å²) in [5.74, 6) is -1.45. The number of para-hydroxylation sites is 2. The molecular weight excluding hydrogens is 488 g/mol. The third-order valence-electron chi connectivity index (χ3n) is 7.04. The van der Waals surface area contributed by atoms with Gasteiger partial charge in [0.1, 0.15) is 0 Å². The van der Waals surface area contributed by atoms with Crippen molar-refractivity contribution in [2.24, 2.45) is 0 Å². The van der Waals surface area contributed by atoms with Gasteiger partial charge in [0.15, 0.2) is 5.78 Å². The third-order valence-corrected chi connectivity index (χ3v) is 7.30. The maximum absolute atomic E-state index is 13.9. The number of benzene rings is 3. The molecule has 37 heavy (non-hydrogen) atoms. The fourth-order valence-corrected chi connectivity index (χ4v) is 5.36. The van der Waals surface area contributed by atoms with Crippen molar-refractivity contribution in [2.45, 2.75) is 44.6 Å². The van der Waals surface area contributed by atoms with Crippen LogP contribution in [0.2, 0.25) is 5.02 Å². The Kier molecular flexibility index (Phi) is 6.85. The Balaban J connectivity index is 1.67. The summed E-state index contributed by atoms with van der Waals surface area (Å²) in [5, 5.41) is 13.4. The lowest BCUT2D eigenvalue weighted by Crippen LogP contribution is -2.38. The first-order chi connectivity index (χ1) is 17.8. The Morgan fingerprint density at radius 1 is 0.946 bits per heavy atom. The van der Waals surface area contributed by atoms with Gasteiger partial charge in [-0.25, -0.2) is 0 Å². The number of fused-ring (bicyclic) bond motifs is 1. The molecule has 0 spiro atoms. The van der Waals surface area contributed by atoms with Gasteiger partial charge in [-0.3, -0.25) is 19.3 Å². The average molecular weight is 515 g/mol. The van der Waals surface area contributed by atoms with Crippen LogP contribution >= 0.6 is 11.6 Å². The number of carboxylic acids is 1. The van der Waals surface area contributed by atoms with Crippen LogP contribution in [0.25, 0.3) is 0 Å². The van der Waals surface area contributed by atoms with Gasteiger partial charge in [0.25, 0.3) is 0 Å². The number of nitrogens with one attached hydrogen (secondary N) is 1. The Morgan fingerprint density at radius 3 is 2.32 bits per heavy atom. The number of allylic oxidation sites excluding steroid dienone is 1. The standard InChI is InChI=1S/C30H27ClN2O4/c1-18-6-8-20(9-7-18)30-29-24(16-21(17-26(29)34)19-10-12-22(31)13-11-19)32-23-4-2-3-5-25(23)33(30)27(35)14-15-28(36)37/h2-13,21,30,32H,14-17H2,1H3,(H,36,37)/t21-,30-/m1/s1. The summed E-state index contributed by atoms with van der Waals surface area (Å²) in [4.78, 5) is 40.5. The number of carbonyl (C=O) groups is 3. The molecule has 0 radical (unpaired) electrons. The Bertz CT molecular complexity index is 1400. The van der Waals surface area contributed by atoms with Gasteiger partial charge in [-0.2, -0.15) is 0 Å². The number of carbonyl (C=O) groups excluding carboxylic acids is 2. The number of hydrogen-bond acceptors (Lipinski definition) is 4. The van der Waals surface area contributed by atoms with Gasteiger partial charge in [0.2, 0.25) is 5.91 Å². The van der Waals surface area contributed by atoms with Gasteiger partial charge < -0.3 is 10.4 Å². The number of nitrogens with zero attached hydrogens (tertiary/aromatic N) is 1. The lowest BCUT2D eigenvalue weighted by Gasteiger charge is -2.35. The molecule has 1 aliphatic heterocycles. The maximum Gasteiger partial charge on any atom is 0.303 e. The molecule has 1 heterocycles. The van der Waals surface area contributed by atoms with E-state index in [0.29, 0.717) is 34.8 Å². The fraction of sp³-hybridized carbons (Fsp3) is 0.233. The molecule has 6 nitrogen and oxygen atoms in total. The molecule has 0 aromatic heterocycles. The molecule has 1 amide bonds. The van der Waals surface area contributed by atoms with Crippen molar-refractivity contribution in [3.05, 3.63) is 106 Å². The van der Waals surface area contributed by atoms with Crippen LogP contribution in [-0.2, 0) is 14.4 Å². The van der Waals surface area contributed by atoms with E-state index in [0.717, 1.165) is 22.4 Å². The number of amides is 1. The van der Waals surface area contributed by atoms with E-state index < -0.39 is 12.0 Å². The van der Waals surface area contributed by atoms with Crippen LogP contribution in [0.15, 0.2) is 84.1 Å². The molecule has 0 fully saturated rings. The quantitative estimate of drug-likeness (QED) is 0.410. The summed E-state index contributed by atoms with van der Waals surface area (Å²) in [6, 6.07) is 22.1. The molecule has 2 N–H and O–H groups in total. The Hall–Kier alpha value is -3.90. The molecule has 2 atom stereocenters. The Labute approximate surface area is 220 Å². The average Bonchev–Trinajstić information content (AvgIpc) is 3.03. The molecule has 0 saturated heterocycles. The highest BCUT2D eigenvalue weighted by atomic mass is 35.5. The van der Waals surface area contributed by atoms with Gasteiger partial charge >= 0.3 is 5.97 Å². The van der Waals surface area contributed by atoms with Crippen molar-refractivity contribution in [2.75, 3.05) is 10.2 Å².